The standard InChI is InChI=1S/C17H19ClFN/c1-4-20-12(3)13-7-8-17(19)15(9-13)14-6-5-11(2)16(18)10-14/h5-10,12,20H,4H2,1-3H3. The van der Waals surface area contributed by atoms with Crippen molar-refractivity contribution >= 4 is 11.6 Å². The van der Waals surface area contributed by atoms with Crippen molar-refractivity contribution in [3.05, 3.63) is 58.4 Å². The number of halogens is 2. The third-order valence-corrected chi connectivity index (χ3v) is 3.89. The molecule has 0 aromatic heterocycles. The van der Waals surface area contributed by atoms with E-state index >= 15 is 0 Å². The summed E-state index contributed by atoms with van der Waals surface area (Å²) in [6, 6.07) is 11.1. The third-order valence-electron chi connectivity index (χ3n) is 3.48. The van der Waals surface area contributed by atoms with Gasteiger partial charge < -0.3 is 5.32 Å². The summed E-state index contributed by atoms with van der Waals surface area (Å²) in [5, 5.41) is 3.99. The van der Waals surface area contributed by atoms with Crippen LogP contribution in [0.4, 0.5) is 4.39 Å². The molecule has 1 unspecified atom stereocenters. The summed E-state index contributed by atoms with van der Waals surface area (Å²) in [5.41, 5.74) is 3.46. The fourth-order valence-corrected chi connectivity index (χ4v) is 2.40. The van der Waals surface area contributed by atoms with Crippen LogP contribution in [0.3, 0.4) is 0 Å². The Kier molecular flexibility index (Phi) is 4.79. The fraction of sp³-hybridized carbons (Fsp3) is 0.294. The SMILES string of the molecule is CCNC(C)c1ccc(F)c(-c2ccc(C)c(Cl)c2)c1. The van der Waals surface area contributed by atoms with Gasteiger partial charge >= 0.3 is 0 Å². The molecule has 20 heavy (non-hydrogen) atoms. The average Bonchev–Trinajstić information content (AvgIpc) is 2.43. The lowest BCUT2D eigenvalue weighted by Gasteiger charge is -2.15. The van der Waals surface area contributed by atoms with E-state index in [2.05, 4.69) is 19.2 Å². The Morgan fingerprint density at radius 3 is 2.60 bits per heavy atom. The Bertz CT molecular complexity index is 610. The van der Waals surface area contributed by atoms with E-state index in [1.54, 1.807) is 0 Å². The summed E-state index contributed by atoms with van der Waals surface area (Å²) in [4.78, 5) is 0. The highest BCUT2D eigenvalue weighted by Gasteiger charge is 2.11. The summed E-state index contributed by atoms with van der Waals surface area (Å²) >= 11 is 6.13. The Hall–Kier alpha value is -1.38. The van der Waals surface area contributed by atoms with E-state index in [4.69, 9.17) is 11.6 Å². The van der Waals surface area contributed by atoms with Gasteiger partial charge in [-0.15, -0.1) is 0 Å². The van der Waals surface area contributed by atoms with E-state index < -0.39 is 0 Å². The van der Waals surface area contributed by atoms with E-state index in [9.17, 15) is 4.39 Å². The maximum atomic E-state index is 14.1. The molecular weight excluding hydrogens is 273 g/mol. The van der Waals surface area contributed by atoms with Crippen molar-refractivity contribution in [2.45, 2.75) is 26.8 Å². The molecule has 2 aromatic rings. The highest BCUT2D eigenvalue weighted by molar-refractivity contribution is 6.31. The Labute approximate surface area is 124 Å². The molecule has 0 saturated heterocycles. The van der Waals surface area contributed by atoms with Crippen LogP contribution in [-0.4, -0.2) is 6.54 Å². The first-order valence-corrected chi connectivity index (χ1v) is 7.20. The molecule has 1 atom stereocenters. The number of benzene rings is 2. The molecule has 0 fully saturated rings. The molecule has 2 rings (SSSR count). The zero-order valence-corrected chi connectivity index (χ0v) is 12.8. The van der Waals surface area contributed by atoms with E-state index in [1.165, 1.54) is 6.07 Å². The largest absolute Gasteiger partial charge is 0.310 e. The summed E-state index contributed by atoms with van der Waals surface area (Å²) in [6.45, 7) is 6.94. The van der Waals surface area contributed by atoms with Crippen molar-refractivity contribution in [3.63, 3.8) is 0 Å². The Morgan fingerprint density at radius 1 is 1.20 bits per heavy atom. The van der Waals surface area contributed by atoms with Gasteiger partial charge in [0.15, 0.2) is 0 Å². The molecule has 0 aliphatic heterocycles. The van der Waals surface area contributed by atoms with E-state index in [-0.39, 0.29) is 11.9 Å². The van der Waals surface area contributed by atoms with Crippen LogP contribution in [0.25, 0.3) is 11.1 Å². The summed E-state index contributed by atoms with van der Waals surface area (Å²) in [5.74, 6) is -0.225. The van der Waals surface area contributed by atoms with Crippen LogP contribution in [0.15, 0.2) is 36.4 Å². The molecule has 1 nitrogen and oxygen atoms in total. The lowest BCUT2D eigenvalue weighted by atomic mass is 9.98. The van der Waals surface area contributed by atoms with Gasteiger partial charge in [0.05, 0.1) is 0 Å². The summed E-state index contributed by atoms with van der Waals surface area (Å²) in [6.07, 6.45) is 0. The zero-order valence-electron chi connectivity index (χ0n) is 12.0. The molecule has 0 amide bonds. The van der Waals surface area contributed by atoms with Crippen LogP contribution in [0.2, 0.25) is 5.02 Å². The topological polar surface area (TPSA) is 12.0 Å². The maximum absolute atomic E-state index is 14.1. The van der Waals surface area contributed by atoms with E-state index in [0.29, 0.717) is 10.6 Å². The second-order valence-electron chi connectivity index (χ2n) is 4.98. The van der Waals surface area contributed by atoms with Gasteiger partial charge in [-0.1, -0.05) is 36.7 Å². The van der Waals surface area contributed by atoms with Gasteiger partial charge in [-0.25, -0.2) is 4.39 Å². The van der Waals surface area contributed by atoms with Gasteiger partial charge in [0.2, 0.25) is 0 Å². The molecular formula is C17H19ClFN. The van der Waals surface area contributed by atoms with Crippen molar-refractivity contribution in [3.8, 4) is 11.1 Å². The predicted octanol–water partition coefficient (Wildman–Crippen LogP) is 5.13. The summed E-state index contributed by atoms with van der Waals surface area (Å²) < 4.78 is 14.1. The van der Waals surface area contributed by atoms with Crippen molar-refractivity contribution < 1.29 is 4.39 Å². The van der Waals surface area contributed by atoms with Gasteiger partial charge in [0, 0.05) is 16.6 Å². The monoisotopic (exact) mass is 291 g/mol. The highest BCUT2D eigenvalue weighted by Crippen LogP contribution is 2.29. The Balaban J connectivity index is 2.44. The minimum absolute atomic E-state index is 0.195. The normalized spacial score (nSPS) is 12.4. The van der Waals surface area contributed by atoms with Gasteiger partial charge in [0.1, 0.15) is 5.82 Å². The van der Waals surface area contributed by atoms with Crippen LogP contribution in [0.5, 0.6) is 0 Å². The van der Waals surface area contributed by atoms with E-state index in [1.807, 2.05) is 37.3 Å². The van der Waals surface area contributed by atoms with Gasteiger partial charge in [-0.2, -0.15) is 0 Å². The molecule has 0 aliphatic rings. The first-order chi connectivity index (χ1) is 9.52. The first kappa shape index (κ1) is 15.0. The van der Waals surface area contributed by atoms with Crippen LogP contribution in [0.1, 0.15) is 31.0 Å². The molecule has 3 heteroatoms. The molecule has 0 heterocycles. The second-order valence-corrected chi connectivity index (χ2v) is 5.39. The van der Waals surface area contributed by atoms with Gasteiger partial charge in [-0.05, 0) is 55.3 Å². The predicted molar refractivity (Wildman–Crippen MR) is 83.7 cm³/mol. The maximum Gasteiger partial charge on any atom is 0.131 e. The Morgan fingerprint density at radius 2 is 1.95 bits per heavy atom. The van der Waals surface area contributed by atoms with Gasteiger partial charge in [0.25, 0.3) is 0 Å². The molecule has 0 saturated carbocycles. The quantitative estimate of drug-likeness (QED) is 0.824. The minimum atomic E-state index is -0.225. The van der Waals surface area contributed by atoms with Crippen molar-refractivity contribution in [2.24, 2.45) is 0 Å². The van der Waals surface area contributed by atoms with Crippen LogP contribution >= 0.6 is 11.6 Å². The van der Waals surface area contributed by atoms with E-state index in [0.717, 1.165) is 23.2 Å². The molecule has 0 radical (unpaired) electrons. The van der Waals surface area contributed by atoms with Crippen molar-refractivity contribution in [1.29, 1.82) is 0 Å². The lowest BCUT2D eigenvalue weighted by molar-refractivity contribution is 0.593. The second kappa shape index (κ2) is 6.38. The smallest absolute Gasteiger partial charge is 0.131 e. The van der Waals surface area contributed by atoms with Crippen LogP contribution in [-0.2, 0) is 0 Å². The summed E-state index contributed by atoms with van der Waals surface area (Å²) in [7, 11) is 0. The molecule has 0 spiro atoms. The number of rotatable bonds is 4. The molecule has 0 bridgehead atoms. The number of aryl methyl sites for hydroxylation is 1. The number of nitrogens with one attached hydrogen (secondary N) is 1. The van der Waals surface area contributed by atoms with Crippen LogP contribution < -0.4 is 5.32 Å². The lowest BCUT2D eigenvalue weighted by Crippen LogP contribution is -2.17. The third kappa shape index (κ3) is 3.20. The van der Waals surface area contributed by atoms with Crippen molar-refractivity contribution in [1.82, 2.24) is 5.32 Å². The highest BCUT2D eigenvalue weighted by atomic mass is 35.5. The number of hydrogen-bond donors (Lipinski definition) is 1. The fourth-order valence-electron chi connectivity index (χ4n) is 2.22. The van der Waals surface area contributed by atoms with Crippen LogP contribution in [0, 0.1) is 12.7 Å². The number of hydrogen-bond acceptors (Lipinski definition) is 1. The van der Waals surface area contributed by atoms with Gasteiger partial charge in [-0.3, -0.25) is 0 Å². The molecule has 0 aliphatic carbocycles. The zero-order chi connectivity index (χ0) is 14.7. The first-order valence-electron chi connectivity index (χ1n) is 6.82. The minimum Gasteiger partial charge on any atom is -0.310 e. The van der Waals surface area contributed by atoms with Crippen molar-refractivity contribution in [2.75, 3.05) is 6.54 Å². The average molecular weight is 292 g/mol. The molecule has 106 valence electrons. The molecule has 1 N–H and O–H groups in total. The molecule has 2 aromatic carbocycles.